The number of ether oxygens (including phenoxy) is 1. The molecule has 7 nitrogen and oxygen atoms in total. The first-order valence-corrected chi connectivity index (χ1v) is 10.4. The van der Waals surface area contributed by atoms with Crippen LogP contribution in [0.3, 0.4) is 0 Å². The van der Waals surface area contributed by atoms with Gasteiger partial charge < -0.3 is 14.2 Å². The lowest BCUT2D eigenvalue weighted by Gasteiger charge is -2.37. The zero-order valence-electron chi connectivity index (χ0n) is 16.0. The maximum absolute atomic E-state index is 15.4. The first-order chi connectivity index (χ1) is 13.4. The molecule has 0 bridgehead atoms. The first-order valence-electron chi connectivity index (χ1n) is 9.38. The summed E-state index contributed by atoms with van der Waals surface area (Å²) >= 11 is 1.21. The lowest BCUT2D eigenvalue weighted by atomic mass is 10.1. The molecular formula is C19H22FN3O4S. The zero-order chi connectivity index (χ0) is 20.0. The van der Waals surface area contributed by atoms with E-state index in [-0.39, 0.29) is 46.1 Å². The highest BCUT2D eigenvalue weighted by Crippen LogP contribution is 2.40. The SMILES string of the molecule is CC[C@@H]1CSC(=O)N1c1noc2c(F)c(N3C[C@@H](C)O[C@H](C)C3)c(C=O)cc12. The molecule has 0 N–H and O–H groups in total. The van der Waals surface area contributed by atoms with Crippen LogP contribution in [0.2, 0.25) is 0 Å². The van der Waals surface area contributed by atoms with Gasteiger partial charge in [0.05, 0.1) is 23.3 Å². The predicted octanol–water partition coefficient (Wildman–Crippen LogP) is 3.84. The van der Waals surface area contributed by atoms with Crippen molar-refractivity contribution in [3.63, 3.8) is 0 Å². The maximum Gasteiger partial charge on any atom is 0.287 e. The summed E-state index contributed by atoms with van der Waals surface area (Å²) in [4.78, 5) is 27.5. The highest BCUT2D eigenvalue weighted by atomic mass is 32.2. The van der Waals surface area contributed by atoms with Crippen LogP contribution in [-0.4, -0.2) is 53.8 Å². The number of carbonyl (C=O) groups excluding carboxylic acids is 2. The number of aromatic nitrogens is 1. The third-order valence-electron chi connectivity index (χ3n) is 5.21. The Hall–Kier alpha value is -2.13. The van der Waals surface area contributed by atoms with Gasteiger partial charge in [-0.3, -0.25) is 14.5 Å². The van der Waals surface area contributed by atoms with E-state index in [1.165, 1.54) is 11.8 Å². The molecular weight excluding hydrogens is 385 g/mol. The summed E-state index contributed by atoms with van der Waals surface area (Å²) < 4.78 is 26.5. The maximum atomic E-state index is 15.4. The van der Waals surface area contributed by atoms with Gasteiger partial charge in [0.2, 0.25) is 5.58 Å². The summed E-state index contributed by atoms with van der Waals surface area (Å²) in [5.41, 5.74) is 0.367. The Morgan fingerprint density at radius 3 is 2.71 bits per heavy atom. The van der Waals surface area contributed by atoms with Crippen molar-refractivity contribution in [2.75, 3.05) is 28.6 Å². The van der Waals surface area contributed by atoms with Crippen molar-refractivity contribution < 1.29 is 23.2 Å². The number of amides is 1. The van der Waals surface area contributed by atoms with Gasteiger partial charge >= 0.3 is 0 Å². The lowest BCUT2D eigenvalue weighted by Crippen LogP contribution is -2.46. The molecule has 0 unspecified atom stereocenters. The standard InChI is InChI=1S/C19H22FN3O4S/c1-4-13-9-28-19(25)23(13)18-14-5-12(8-24)16(15(20)17(14)27-21-18)22-6-10(2)26-11(3)7-22/h5,8,10-11,13H,4,6-7,9H2,1-3H3/t10-,11-,13-/m1/s1. The summed E-state index contributed by atoms with van der Waals surface area (Å²) in [6, 6.07) is 1.54. The van der Waals surface area contributed by atoms with Crippen molar-refractivity contribution in [2.24, 2.45) is 0 Å². The number of carbonyl (C=O) groups is 2. The van der Waals surface area contributed by atoms with Crippen LogP contribution in [0.15, 0.2) is 10.6 Å². The number of benzene rings is 1. The highest BCUT2D eigenvalue weighted by molar-refractivity contribution is 8.14. The number of nitrogens with zero attached hydrogens (tertiary/aromatic N) is 3. The molecule has 0 radical (unpaired) electrons. The molecule has 2 aromatic rings. The fourth-order valence-corrected chi connectivity index (χ4v) is 5.10. The Balaban J connectivity index is 1.84. The van der Waals surface area contributed by atoms with Crippen LogP contribution in [0.25, 0.3) is 11.0 Å². The molecule has 0 saturated carbocycles. The number of fused-ring (bicyclic) bond motifs is 1. The van der Waals surface area contributed by atoms with Crippen molar-refractivity contribution in [1.82, 2.24) is 5.16 Å². The summed E-state index contributed by atoms with van der Waals surface area (Å²) in [6.07, 6.45) is 1.20. The molecule has 4 rings (SSSR count). The Bertz CT molecular complexity index is 924. The van der Waals surface area contributed by atoms with Gasteiger partial charge in [-0.1, -0.05) is 23.8 Å². The smallest absolute Gasteiger partial charge is 0.287 e. The van der Waals surface area contributed by atoms with Gasteiger partial charge in [0.25, 0.3) is 5.24 Å². The second kappa shape index (κ2) is 7.36. The number of anilines is 2. The van der Waals surface area contributed by atoms with E-state index in [4.69, 9.17) is 9.26 Å². The molecule has 1 aromatic heterocycles. The van der Waals surface area contributed by atoms with Gasteiger partial charge in [-0.05, 0) is 26.3 Å². The third kappa shape index (κ3) is 3.06. The van der Waals surface area contributed by atoms with E-state index in [0.29, 0.717) is 30.5 Å². The van der Waals surface area contributed by atoms with E-state index in [0.717, 1.165) is 6.42 Å². The quantitative estimate of drug-likeness (QED) is 0.713. The van der Waals surface area contributed by atoms with Crippen LogP contribution in [0.5, 0.6) is 0 Å². The minimum atomic E-state index is -0.632. The van der Waals surface area contributed by atoms with Crippen molar-refractivity contribution >= 4 is 45.8 Å². The van der Waals surface area contributed by atoms with Crippen molar-refractivity contribution in [3.05, 3.63) is 17.4 Å². The third-order valence-corrected chi connectivity index (χ3v) is 6.21. The molecule has 0 aliphatic carbocycles. The van der Waals surface area contributed by atoms with Crippen LogP contribution in [-0.2, 0) is 4.74 Å². The Morgan fingerprint density at radius 1 is 1.36 bits per heavy atom. The molecule has 3 heterocycles. The van der Waals surface area contributed by atoms with Gasteiger partial charge in [0.15, 0.2) is 17.9 Å². The Morgan fingerprint density at radius 2 is 2.07 bits per heavy atom. The molecule has 28 heavy (non-hydrogen) atoms. The topological polar surface area (TPSA) is 75.9 Å². The van der Waals surface area contributed by atoms with E-state index in [1.54, 1.807) is 11.0 Å². The molecule has 150 valence electrons. The van der Waals surface area contributed by atoms with Gasteiger partial charge in [-0.25, -0.2) is 4.39 Å². The van der Waals surface area contributed by atoms with Crippen LogP contribution in [0.1, 0.15) is 37.6 Å². The largest absolute Gasteiger partial charge is 0.372 e. The number of hydrogen-bond acceptors (Lipinski definition) is 7. The minimum absolute atomic E-state index is 0.0332. The number of thioether (sulfide) groups is 1. The van der Waals surface area contributed by atoms with E-state index in [2.05, 4.69) is 5.16 Å². The summed E-state index contributed by atoms with van der Waals surface area (Å²) in [5, 5.41) is 4.19. The molecule has 1 aromatic carbocycles. The van der Waals surface area contributed by atoms with Gasteiger partial charge in [-0.2, -0.15) is 0 Å². The van der Waals surface area contributed by atoms with E-state index in [1.807, 2.05) is 25.7 Å². The lowest BCUT2D eigenvalue weighted by molar-refractivity contribution is -0.00543. The van der Waals surface area contributed by atoms with E-state index < -0.39 is 5.82 Å². The van der Waals surface area contributed by atoms with Gasteiger partial charge in [0, 0.05) is 30.4 Å². The van der Waals surface area contributed by atoms with Gasteiger partial charge in [-0.15, -0.1) is 0 Å². The zero-order valence-corrected chi connectivity index (χ0v) is 16.8. The molecule has 1 amide bonds. The molecule has 2 aliphatic heterocycles. The Labute approximate surface area is 166 Å². The van der Waals surface area contributed by atoms with Crippen LogP contribution < -0.4 is 9.80 Å². The van der Waals surface area contributed by atoms with E-state index in [9.17, 15) is 9.59 Å². The fraction of sp³-hybridized carbons (Fsp3) is 0.526. The second-order valence-corrected chi connectivity index (χ2v) is 8.27. The predicted molar refractivity (Wildman–Crippen MR) is 106 cm³/mol. The minimum Gasteiger partial charge on any atom is -0.372 e. The van der Waals surface area contributed by atoms with Gasteiger partial charge in [0.1, 0.15) is 0 Å². The van der Waals surface area contributed by atoms with Crippen LogP contribution in [0, 0.1) is 5.82 Å². The molecule has 2 fully saturated rings. The summed E-state index contributed by atoms with van der Waals surface area (Å²) in [5.74, 6) is 0.287. The Kier molecular flexibility index (Phi) is 5.05. The number of rotatable bonds is 4. The second-order valence-electron chi connectivity index (χ2n) is 7.30. The molecule has 2 saturated heterocycles. The number of hydrogen-bond donors (Lipinski definition) is 0. The molecule has 3 atom stereocenters. The number of halogens is 1. The van der Waals surface area contributed by atoms with Crippen molar-refractivity contribution in [1.29, 1.82) is 0 Å². The van der Waals surface area contributed by atoms with Crippen molar-refractivity contribution in [2.45, 2.75) is 45.4 Å². The number of morpholine rings is 1. The highest BCUT2D eigenvalue weighted by Gasteiger charge is 2.36. The normalized spacial score (nSPS) is 25.7. The monoisotopic (exact) mass is 407 g/mol. The molecule has 9 heteroatoms. The summed E-state index contributed by atoms with van der Waals surface area (Å²) in [6.45, 7) is 6.73. The average molecular weight is 407 g/mol. The van der Waals surface area contributed by atoms with Crippen LogP contribution in [0.4, 0.5) is 20.7 Å². The van der Waals surface area contributed by atoms with Crippen molar-refractivity contribution in [3.8, 4) is 0 Å². The molecule has 2 aliphatic rings. The van der Waals surface area contributed by atoms with E-state index >= 15 is 4.39 Å². The summed E-state index contributed by atoms with van der Waals surface area (Å²) in [7, 11) is 0. The number of aldehydes is 1. The average Bonchev–Trinajstić information content (AvgIpc) is 3.23. The first kappa shape index (κ1) is 19.2. The fourth-order valence-electron chi connectivity index (χ4n) is 4.00. The molecule has 0 spiro atoms. The van der Waals surface area contributed by atoms with Crippen LogP contribution >= 0.6 is 11.8 Å².